The van der Waals surface area contributed by atoms with Crippen LogP contribution < -0.4 is 10.2 Å². The smallest absolute Gasteiger partial charge is 0.420 e. The Morgan fingerprint density at radius 3 is 2.31 bits per heavy atom. The fraction of sp³-hybridized carbons (Fsp3) is 0.450. The first-order valence-corrected chi connectivity index (χ1v) is 9.37. The Kier molecular flexibility index (Phi) is 6.86. The molecule has 12 heteroatoms. The highest BCUT2D eigenvalue weighted by atomic mass is 19.4. The molecule has 32 heavy (non-hydrogen) atoms. The van der Waals surface area contributed by atoms with Crippen LogP contribution >= 0.6 is 0 Å². The van der Waals surface area contributed by atoms with Gasteiger partial charge in [-0.15, -0.1) is 0 Å². The highest BCUT2D eigenvalue weighted by Crippen LogP contribution is 2.35. The normalized spacial score (nSPS) is 12.0. The van der Waals surface area contributed by atoms with E-state index in [2.05, 4.69) is 10.4 Å². The van der Waals surface area contributed by atoms with Crippen LogP contribution in [0.2, 0.25) is 0 Å². The first-order valence-electron chi connectivity index (χ1n) is 9.37. The highest BCUT2D eigenvalue weighted by Gasteiger charge is 2.41. The Morgan fingerprint density at radius 1 is 1.19 bits per heavy atom. The molecular formula is C20H23F5N4O3. The summed E-state index contributed by atoms with van der Waals surface area (Å²) < 4.78 is 75.3. The lowest BCUT2D eigenvalue weighted by Gasteiger charge is -2.22. The van der Waals surface area contributed by atoms with Gasteiger partial charge >= 0.3 is 12.3 Å². The number of anilines is 1. The summed E-state index contributed by atoms with van der Waals surface area (Å²) in [5.41, 5.74) is -4.37. The Labute approximate surface area is 181 Å². The minimum atomic E-state index is -4.87. The van der Waals surface area contributed by atoms with Crippen LogP contribution in [0.5, 0.6) is 0 Å². The van der Waals surface area contributed by atoms with Crippen molar-refractivity contribution in [1.29, 1.82) is 0 Å². The fourth-order valence-electron chi connectivity index (χ4n) is 2.99. The topological polar surface area (TPSA) is 76.5 Å². The lowest BCUT2D eigenvalue weighted by Crippen LogP contribution is -2.33. The number of rotatable bonds is 4. The Bertz CT molecular complexity index is 1040. The minimum absolute atomic E-state index is 0.418. The molecule has 176 valence electrons. The second-order valence-corrected chi connectivity index (χ2v) is 8.01. The summed E-state index contributed by atoms with van der Waals surface area (Å²) in [5, 5.41) is 5.84. The van der Waals surface area contributed by atoms with Crippen molar-refractivity contribution in [3.05, 3.63) is 46.3 Å². The van der Waals surface area contributed by atoms with Gasteiger partial charge in [0.2, 0.25) is 0 Å². The molecule has 0 aliphatic heterocycles. The molecule has 0 fully saturated rings. The molecule has 7 nitrogen and oxygen atoms in total. The molecule has 0 spiro atoms. The van der Waals surface area contributed by atoms with Gasteiger partial charge in [-0.25, -0.2) is 13.6 Å². The maximum absolute atomic E-state index is 15.0. The van der Waals surface area contributed by atoms with Gasteiger partial charge in [0.15, 0.2) is 5.82 Å². The number of carbonyl (C=O) groups excluding carboxylic acids is 2. The third kappa shape index (κ3) is 5.35. The van der Waals surface area contributed by atoms with Gasteiger partial charge in [-0.3, -0.25) is 9.48 Å². The van der Waals surface area contributed by atoms with E-state index in [0.717, 1.165) is 37.8 Å². The van der Waals surface area contributed by atoms with Crippen LogP contribution in [0.25, 0.3) is 0 Å². The molecule has 1 heterocycles. The third-order valence-electron chi connectivity index (χ3n) is 4.35. The minimum Gasteiger partial charge on any atom is -0.444 e. The van der Waals surface area contributed by atoms with Crippen molar-refractivity contribution < 1.29 is 36.3 Å². The third-order valence-corrected chi connectivity index (χ3v) is 4.35. The standard InChI is InChI=1S/C20H23F5N4O3/c1-10-14(20(23,24)25)16(29(6)27-10)17(30)28(5)13-8-7-12(21)11(15(13)22)9-26-18(31)32-19(2,3)4/h7-8H,9H2,1-6H3,(H,26,31). The summed E-state index contributed by atoms with van der Waals surface area (Å²) in [5.74, 6) is -3.43. The van der Waals surface area contributed by atoms with Crippen molar-refractivity contribution in [2.45, 2.75) is 46.0 Å². The number of alkyl halides is 3. The molecule has 0 unspecified atom stereocenters. The SMILES string of the molecule is Cc1nn(C)c(C(=O)N(C)c2ccc(F)c(CNC(=O)OC(C)(C)C)c2F)c1C(F)(F)F. The highest BCUT2D eigenvalue weighted by molar-refractivity contribution is 6.06. The van der Waals surface area contributed by atoms with Gasteiger partial charge in [0.1, 0.15) is 22.7 Å². The quantitative estimate of drug-likeness (QED) is 0.687. The van der Waals surface area contributed by atoms with Gasteiger partial charge in [-0.2, -0.15) is 18.3 Å². The molecule has 0 bridgehead atoms. The van der Waals surface area contributed by atoms with Crippen LogP contribution in [-0.2, 0) is 24.5 Å². The van der Waals surface area contributed by atoms with Crippen LogP contribution in [0.1, 0.15) is 48.1 Å². The average Bonchev–Trinajstić information content (AvgIpc) is 2.93. The molecule has 2 aromatic rings. The van der Waals surface area contributed by atoms with Crippen LogP contribution in [0.4, 0.5) is 32.4 Å². The average molecular weight is 462 g/mol. The molecule has 0 aliphatic rings. The molecular weight excluding hydrogens is 439 g/mol. The molecule has 2 rings (SSSR count). The largest absolute Gasteiger partial charge is 0.444 e. The summed E-state index contributed by atoms with van der Waals surface area (Å²) in [6, 6.07) is 1.75. The second kappa shape index (κ2) is 8.75. The maximum atomic E-state index is 15.0. The molecule has 0 saturated heterocycles. The predicted molar refractivity (Wildman–Crippen MR) is 105 cm³/mol. The Hall–Kier alpha value is -3.18. The molecule has 0 atom stereocenters. The fourth-order valence-corrected chi connectivity index (χ4v) is 2.99. The number of aryl methyl sites for hydroxylation is 2. The zero-order valence-corrected chi connectivity index (χ0v) is 18.3. The van der Waals surface area contributed by atoms with Crippen molar-refractivity contribution in [1.82, 2.24) is 15.1 Å². The summed E-state index contributed by atoms with van der Waals surface area (Å²) in [4.78, 5) is 25.2. The van der Waals surface area contributed by atoms with Gasteiger partial charge in [0, 0.05) is 19.7 Å². The molecule has 1 aromatic heterocycles. The number of hydrogen-bond acceptors (Lipinski definition) is 4. The van der Waals surface area contributed by atoms with E-state index in [1.165, 1.54) is 0 Å². The van der Waals surface area contributed by atoms with Crippen molar-refractivity contribution in [3.63, 3.8) is 0 Å². The van der Waals surface area contributed by atoms with Gasteiger partial charge < -0.3 is 15.0 Å². The lowest BCUT2D eigenvalue weighted by atomic mass is 10.1. The molecule has 1 aromatic carbocycles. The number of hydrogen-bond donors (Lipinski definition) is 1. The number of nitrogens with zero attached hydrogens (tertiary/aromatic N) is 3. The molecule has 1 N–H and O–H groups in total. The monoisotopic (exact) mass is 462 g/mol. The number of ether oxygens (including phenoxy) is 1. The second-order valence-electron chi connectivity index (χ2n) is 8.01. The lowest BCUT2D eigenvalue weighted by molar-refractivity contribution is -0.138. The van der Waals surface area contributed by atoms with E-state index >= 15 is 4.39 Å². The van der Waals surface area contributed by atoms with Gasteiger partial charge in [-0.1, -0.05) is 0 Å². The first-order chi connectivity index (χ1) is 14.5. The molecule has 0 radical (unpaired) electrons. The van der Waals surface area contributed by atoms with Crippen molar-refractivity contribution in [2.75, 3.05) is 11.9 Å². The number of aromatic nitrogens is 2. The van der Waals surface area contributed by atoms with Gasteiger partial charge in [0.25, 0.3) is 5.91 Å². The number of halogens is 5. The summed E-state index contributed by atoms with van der Waals surface area (Å²) in [6.45, 7) is 5.29. The first kappa shape index (κ1) is 25.1. The molecule has 0 aliphatic carbocycles. The number of carbonyl (C=O) groups is 2. The number of nitrogens with one attached hydrogen (secondary N) is 1. The maximum Gasteiger partial charge on any atom is 0.420 e. The Morgan fingerprint density at radius 2 is 1.78 bits per heavy atom. The molecule has 2 amide bonds. The van der Waals surface area contributed by atoms with E-state index in [1.54, 1.807) is 20.8 Å². The van der Waals surface area contributed by atoms with Gasteiger partial charge in [0.05, 0.1) is 17.9 Å². The van der Waals surface area contributed by atoms with E-state index in [-0.39, 0.29) is 0 Å². The van der Waals surface area contributed by atoms with Crippen LogP contribution in [-0.4, -0.2) is 34.4 Å². The van der Waals surface area contributed by atoms with E-state index < -0.39 is 70.2 Å². The summed E-state index contributed by atoms with van der Waals surface area (Å²) >= 11 is 0. The molecule has 0 saturated carbocycles. The van der Waals surface area contributed by atoms with Gasteiger partial charge in [-0.05, 0) is 39.8 Å². The zero-order valence-electron chi connectivity index (χ0n) is 18.3. The van der Waals surface area contributed by atoms with E-state index in [0.29, 0.717) is 4.90 Å². The number of benzene rings is 1. The van der Waals surface area contributed by atoms with E-state index in [1.807, 2.05) is 0 Å². The number of amides is 2. The van der Waals surface area contributed by atoms with Crippen LogP contribution in [0.15, 0.2) is 12.1 Å². The summed E-state index contributed by atoms with van der Waals surface area (Å²) in [7, 11) is 2.20. The van der Waals surface area contributed by atoms with E-state index in [9.17, 15) is 27.2 Å². The Balaban J connectivity index is 2.38. The van der Waals surface area contributed by atoms with Crippen molar-refractivity contribution >= 4 is 17.7 Å². The summed E-state index contributed by atoms with van der Waals surface area (Å²) in [6.07, 6.45) is -5.79. The van der Waals surface area contributed by atoms with Crippen LogP contribution in [0, 0.1) is 18.6 Å². The van der Waals surface area contributed by atoms with Crippen molar-refractivity contribution in [3.8, 4) is 0 Å². The van der Waals surface area contributed by atoms with E-state index in [4.69, 9.17) is 4.74 Å². The van der Waals surface area contributed by atoms with Crippen LogP contribution in [0.3, 0.4) is 0 Å². The predicted octanol–water partition coefficient (Wildman–Crippen LogP) is 4.33. The zero-order chi connectivity index (χ0) is 24.6. The van der Waals surface area contributed by atoms with Crippen molar-refractivity contribution in [2.24, 2.45) is 7.05 Å². The number of alkyl carbamates (subject to hydrolysis) is 1.